The van der Waals surface area contributed by atoms with Gasteiger partial charge in [-0.1, -0.05) is 121 Å². The summed E-state index contributed by atoms with van der Waals surface area (Å²) in [7, 11) is 1.29. The van der Waals surface area contributed by atoms with E-state index < -0.39 is 20.0 Å². The molecule has 0 aromatic heterocycles. The average Bonchev–Trinajstić information content (AvgIpc) is 2.94. The molecule has 0 aliphatic rings. The lowest BCUT2D eigenvalue weighted by Crippen LogP contribution is -2.42. The Kier molecular flexibility index (Phi) is 21.9. The number of nitrogens with zero attached hydrogens (tertiary/aromatic N) is 1. The van der Waals surface area contributed by atoms with Gasteiger partial charge in [-0.05, 0) is 12.0 Å². The number of rotatable bonds is 27. The first kappa shape index (κ1) is 38.5. The van der Waals surface area contributed by atoms with Crippen molar-refractivity contribution in [3.63, 3.8) is 0 Å². The number of nitrogens with one attached hydrogen (secondary N) is 2. The second-order valence-electron chi connectivity index (χ2n) is 12.2. The highest BCUT2D eigenvalue weighted by Gasteiger charge is 2.21. The van der Waals surface area contributed by atoms with Crippen molar-refractivity contribution in [1.29, 1.82) is 0 Å². The third-order valence-electron chi connectivity index (χ3n) is 7.02. The summed E-state index contributed by atoms with van der Waals surface area (Å²) in [6, 6.07) is 9.13. The summed E-state index contributed by atoms with van der Waals surface area (Å²) < 4.78 is 29.1. The Morgan fingerprint density at radius 2 is 1.38 bits per heavy atom. The normalized spacial score (nSPS) is 13.9. The van der Waals surface area contributed by atoms with Gasteiger partial charge in [-0.15, -0.1) is 0 Å². The molecule has 0 spiro atoms. The number of urea groups is 1. The average molecular weight is 614 g/mol. The maximum absolute atomic E-state index is 12.4. The molecule has 0 radical (unpaired) electrons. The number of carbonyl (C=O) groups excluding carboxylic acids is 1. The highest BCUT2D eigenvalue weighted by atomic mass is 31.2. The Balaban J connectivity index is 2.28. The number of ether oxygens (including phenoxy) is 1. The van der Waals surface area contributed by atoms with Gasteiger partial charge in [-0.3, -0.25) is 4.57 Å². The van der Waals surface area contributed by atoms with E-state index in [2.05, 4.69) is 17.6 Å². The fourth-order valence-electron chi connectivity index (χ4n) is 4.43. The molecule has 0 bridgehead atoms. The quantitative estimate of drug-likeness (QED) is 0.0661. The first-order chi connectivity index (χ1) is 20.1. The molecule has 42 heavy (non-hydrogen) atoms. The Morgan fingerprint density at radius 3 is 1.93 bits per heavy atom. The molecule has 0 aliphatic carbocycles. The zero-order valence-electron chi connectivity index (χ0n) is 27.0. The number of benzene rings is 1. The SMILES string of the molecule is CCCCCCCCCCCCCCCCOCC(CNC(=O)NCc1ccccc1)OP(=O)([O-])OCC[N+](C)(C)C. The molecule has 0 saturated heterocycles. The number of hydrogen-bond donors (Lipinski definition) is 2. The van der Waals surface area contributed by atoms with Crippen LogP contribution < -0.4 is 15.5 Å². The molecule has 2 atom stereocenters. The summed E-state index contributed by atoms with van der Waals surface area (Å²) in [5, 5.41) is 5.45. The van der Waals surface area contributed by atoms with Crippen LogP contribution in [-0.4, -0.2) is 70.7 Å². The number of phosphoric acid groups is 1. The Hall–Kier alpha value is -1.48. The molecular weight excluding hydrogens is 553 g/mol. The molecule has 2 amide bonds. The molecule has 2 unspecified atom stereocenters. The molecule has 1 rings (SSSR count). The third kappa shape index (κ3) is 24.0. The largest absolute Gasteiger partial charge is 0.756 e. The van der Waals surface area contributed by atoms with Crippen LogP contribution in [0.25, 0.3) is 0 Å². The molecular formula is C32H60N3O6P. The van der Waals surface area contributed by atoms with E-state index in [-0.39, 0.29) is 19.8 Å². The minimum atomic E-state index is -4.56. The molecule has 244 valence electrons. The van der Waals surface area contributed by atoms with E-state index in [0.717, 1.165) is 18.4 Å². The van der Waals surface area contributed by atoms with Gasteiger partial charge in [0.1, 0.15) is 19.3 Å². The molecule has 0 fully saturated rings. The molecule has 1 aromatic rings. The van der Waals surface area contributed by atoms with Crippen LogP contribution in [0.4, 0.5) is 4.79 Å². The van der Waals surface area contributed by atoms with Crippen molar-refractivity contribution in [2.24, 2.45) is 0 Å². The van der Waals surface area contributed by atoms with E-state index in [9.17, 15) is 14.3 Å². The minimum absolute atomic E-state index is 0.0158. The molecule has 10 heteroatoms. The zero-order valence-corrected chi connectivity index (χ0v) is 27.8. The minimum Gasteiger partial charge on any atom is -0.756 e. The van der Waals surface area contributed by atoms with Gasteiger partial charge in [0.15, 0.2) is 0 Å². The van der Waals surface area contributed by atoms with Gasteiger partial charge in [-0.2, -0.15) is 0 Å². The van der Waals surface area contributed by atoms with E-state index in [4.69, 9.17) is 13.8 Å². The van der Waals surface area contributed by atoms with E-state index in [1.54, 1.807) is 0 Å². The molecule has 2 N–H and O–H groups in total. The topological polar surface area (TPSA) is 109 Å². The number of unbranched alkanes of at least 4 members (excludes halogenated alkanes) is 13. The van der Waals surface area contributed by atoms with Crippen molar-refractivity contribution in [2.45, 2.75) is 109 Å². The van der Waals surface area contributed by atoms with Gasteiger partial charge in [0.25, 0.3) is 7.82 Å². The van der Waals surface area contributed by atoms with Crippen molar-refractivity contribution >= 4 is 13.9 Å². The van der Waals surface area contributed by atoms with Crippen LogP contribution in [-0.2, 0) is 24.9 Å². The van der Waals surface area contributed by atoms with Gasteiger partial charge in [0, 0.05) is 19.7 Å². The van der Waals surface area contributed by atoms with Gasteiger partial charge in [0.2, 0.25) is 0 Å². The predicted octanol–water partition coefficient (Wildman–Crippen LogP) is 6.56. The van der Waals surface area contributed by atoms with Crippen LogP contribution in [0.15, 0.2) is 30.3 Å². The molecule has 0 saturated carbocycles. The number of amides is 2. The lowest BCUT2D eigenvalue weighted by molar-refractivity contribution is -0.870. The van der Waals surface area contributed by atoms with Crippen LogP contribution in [0.5, 0.6) is 0 Å². The van der Waals surface area contributed by atoms with E-state index >= 15 is 0 Å². The summed E-state index contributed by atoms with van der Waals surface area (Å²) in [6.07, 6.45) is 17.1. The van der Waals surface area contributed by atoms with Gasteiger partial charge in [-0.25, -0.2) is 4.79 Å². The lowest BCUT2D eigenvalue weighted by Gasteiger charge is -2.30. The standard InChI is InChI=1S/C32H60N3O6P/c1-5-6-7-8-9-10-11-12-13-14-15-16-17-21-25-39-29-31(41-42(37,38)40-26-24-35(2,3)4)28-34-32(36)33-27-30-22-19-18-20-23-30/h18-20,22-23,31H,5-17,21,24-29H2,1-4H3,(H2-,33,34,36,37,38). The number of carbonyl (C=O) groups is 1. The van der Waals surface area contributed by atoms with Crippen molar-refractivity contribution in [1.82, 2.24) is 10.6 Å². The summed E-state index contributed by atoms with van der Waals surface area (Å²) in [6.45, 7) is 3.69. The molecule has 9 nitrogen and oxygen atoms in total. The highest BCUT2D eigenvalue weighted by molar-refractivity contribution is 7.45. The monoisotopic (exact) mass is 613 g/mol. The van der Waals surface area contributed by atoms with Crippen molar-refractivity contribution in [2.75, 3.05) is 54.1 Å². The molecule has 1 aromatic carbocycles. The second kappa shape index (κ2) is 23.9. The van der Waals surface area contributed by atoms with E-state index in [1.165, 1.54) is 77.0 Å². The third-order valence-corrected chi connectivity index (χ3v) is 8.08. The zero-order chi connectivity index (χ0) is 30.9. The van der Waals surface area contributed by atoms with Gasteiger partial charge in [0.05, 0.1) is 27.7 Å². The summed E-state index contributed by atoms with van der Waals surface area (Å²) in [5.41, 5.74) is 0.964. The molecule has 0 aliphatic heterocycles. The van der Waals surface area contributed by atoms with Crippen LogP contribution >= 0.6 is 7.82 Å². The summed E-state index contributed by atoms with van der Waals surface area (Å²) in [4.78, 5) is 24.7. The van der Waals surface area contributed by atoms with E-state index in [1.807, 2.05) is 51.5 Å². The summed E-state index contributed by atoms with van der Waals surface area (Å²) in [5.74, 6) is 0. The number of quaternary nitrogens is 1. The first-order valence-electron chi connectivity index (χ1n) is 16.2. The van der Waals surface area contributed by atoms with E-state index in [0.29, 0.717) is 24.2 Å². The van der Waals surface area contributed by atoms with Crippen molar-refractivity contribution in [3.8, 4) is 0 Å². The number of hydrogen-bond acceptors (Lipinski definition) is 6. The van der Waals surface area contributed by atoms with Crippen LogP contribution in [0.1, 0.15) is 102 Å². The van der Waals surface area contributed by atoms with Crippen molar-refractivity contribution < 1.29 is 32.5 Å². The fraction of sp³-hybridized carbons (Fsp3) is 0.781. The Labute approximate surface area is 256 Å². The van der Waals surface area contributed by atoms with Crippen LogP contribution in [0.3, 0.4) is 0 Å². The molecule has 0 heterocycles. The maximum atomic E-state index is 12.4. The number of phosphoric ester groups is 1. The highest BCUT2D eigenvalue weighted by Crippen LogP contribution is 2.39. The lowest BCUT2D eigenvalue weighted by atomic mass is 10.0. The Morgan fingerprint density at radius 1 is 0.833 bits per heavy atom. The maximum Gasteiger partial charge on any atom is 0.315 e. The van der Waals surface area contributed by atoms with Crippen LogP contribution in [0, 0.1) is 0 Å². The van der Waals surface area contributed by atoms with Gasteiger partial charge < -0.3 is 33.8 Å². The first-order valence-corrected chi connectivity index (χ1v) is 17.6. The van der Waals surface area contributed by atoms with Crippen LogP contribution in [0.2, 0.25) is 0 Å². The Bertz CT molecular complexity index is 837. The smallest absolute Gasteiger partial charge is 0.315 e. The summed E-state index contributed by atoms with van der Waals surface area (Å²) >= 11 is 0. The number of likely N-dealkylation sites (N-methyl/N-ethyl adjacent to an activating group) is 1. The fourth-order valence-corrected chi connectivity index (χ4v) is 5.29. The second-order valence-corrected chi connectivity index (χ2v) is 13.6. The van der Waals surface area contributed by atoms with Gasteiger partial charge >= 0.3 is 6.03 Å². The van der Waals surface area contributed by atoms with Crippen molar-refractivity contribution in [3.05, 3.63) is 35.9 Å². The predicted molar refractivity (Wildman–Crippen MR) is 169 cm³/mol.